The minimum absolute atomic E-state index is 0.133. The quantitative estimate of drug-likeness (QED) is 0.279. The van der Waals surface area contributed by atoms with Crippen molar-refractivity contribution in [2.45, 2.75) is 76.9 Å². The number of alkyl halides is 2. The average Bonchev–Trinajstić information content (AvgIpc) is 2.61. The molecule has 0 amide bonds. The molecule has 0 unspecified atom stereocenters. The predicted octanol–water partition coefficient (Wildman–Crippen LogP) is 4.29. The van der Waals surface area contributed by atoms with Crippen molar-refractivity contribution < 1.29 is 19.4 Å². The highest BCUT2D eigenvalue weighted by molar-refractivity contribution is 6.18. The second-order valence-electron chi connectivity index (χ2n) is 6.98. The van der Waals surface area contributed by atoms with Crippen molar-refractivity contribution >= 4 is 35.1 Å². The summed E-state index contributed by atoms with van der Waals surface area (Å²) in [6, 6.07) is -0.133. The summed E-state index contributed by atoms with van der Waals surface area (Å²) in [5.41, 5.74) is 0. The Labute approximate surface area is 167 Å². The van der Waals surface area contributed by atoms with Gasteiger partial charge in [-0.05, 0) is 19.3 Å². The van der Waals surface area contributed by atoms with E-state index >= 15 is 0 Å². The van der Waals surface area contributed by atoms with Gasteiger partial charge in [-0.2, -0.15) is 0 Å². The molecule has 0 aromatic carbocycles. The van der Waals surface area contributed by atoms with Crippen LogP contribution in [0, 0.1) is 5.92 Å². The molecule has 0 radical (unpaired) electrons. The zero-order valence-electron chi connectivity index (χ0n) is 15.8. The standard InChI is InChI=1S/C19H33Cl2NO4/c1-2-3-4-5-6-10-17(23)26-18-15(19(24)25)8-7-9-16(18)22(13-11-20)14-12-21/h15-16,18H,2-14H2,1H3,(H,24,25)/t15-,16+,18+/m0/s1. The maximum Gasteiger partial charge on any atom is 0.310 e. The van der Waals surface area contributed by atoms with Crippen LogP contribution in [-0.4, -0.2) is 58.9 Å². The molecule has 152 valence electrons. The van der Waals surface area contributed by atoms with Gasteiger partial charge >= 0.3 is 11.9 Å². The van der Waals surface area contributed by atoms with E-state index in [1.807, 2.05) is 0 Å². The van der Waals surface area contributed by atoms with Crippen LogP contribution in [0.1, 0.15) is 64.7 Å². The van der Waals surface area contributed by atoms with E-state index in [4.69, 9.17) is 27.9 Å². The van der Waals surface area contributed by atoms with Gasteiger partial charge in [-0.15, -0.1) is 23.2 Å². The van der Waals surface area contributed by atoms with Crippen LogP contribution in [0.3, 0.4) is 0 Å². The Bertz CT molecular complexity index is 416. The summed E-state index contributed by atoms with van der Waals surface area (Å²) in [7, 11) is 0. The molecule has 5 nitrogen and oxygen atoms in total. The largest absolute Gasteiger partial charge is 0.481 e. The number of hydrogen-bond donors (Lipinski definition) is 1. The minimum Gasteiger partial charge on any atom is -0.481 e. The number of carbonyl (C=O) groups is 2. The van der Waals surface area contributed by atoms with Crippen molar-refractivity contribution in [1.82, 2.24) is 4.90 Å². The number of rotatable bonds is 13. The fraction of sp³-hybridized carbons (Fsp3) is 0.895. The first kappa shape index (κ1) is 23.5. The second kappa shape index (κ2) is 13.6. The Hall–Kier alpha value is -0.520. The number of ether oxygens (including phenoxy) is 1. The first-order valence-electron chi connectivity index (χ1n) is 9.83. The van der Waals surface area contributed by atoms with E-state index in [0.717, 1.165) is 38.5 Å². The van der Waals surface area contributed by atoms with Crippen molar-refractivity contribution in [2.75, 3.05) is 24.8 Å². The highest BCUT2D eigenvalue weighted by atomic mass is 35.5. The van der Waals surface area contributed by atoms with Gasteiger partial charge in [0.25, 0.3) is 0 Å². The van der Waals surface area contributed by atoms with Crippen LogP contribution in [0.5, 0.6) is 0 Å². The Balaban J connectivity index is 2.72. The predicted molar refractivity (Wildman–Crippen MR) is 105 cm³/mol. The molecule has 1 aliphatic rings. The number of hydrogen-bond acceptors (Lipinski definition) is 4. The van der Waals surface area contributed by atoms with Crippen molar-refractivity contribution in [2.24, 2.45) is 5.92 Å². The Morgan fingerprint density at radius 3 is 2.31 bits per heavy atom. The normalized spacial score (nSPS) is 23.2. The molecule has 0 aromatic heterocycles. The number of nitrogens with zero attached hydrogens (tertiary/aromatic N) is 1. The van der Waals surface area contributed by atoms with Crippen LogP contribution in [0.15, 0.2) is 0 Å². The van der Waals surface area contributed by atoms with Crippen LogP contribution >= 0.6 is 23.2 Å². The summed E-state index contributed by atoms with van der Waals surface area (Å²) in [4.78, 5) is 26.1. The third-order valence-electron chi connectivity index (χ3n) is 5.07. The number of carbonyl (C=O) groups excluding carboxylic acids is 1. The van der Waals surface area contributed by atoms with Crippen LogP contribution < -0.4 is 0 Å². The van der Waals surface area contributed by atoms with E-state index in [9.17, 15) is 14.7 Å². The van der Waals surface area contributed by atoms with Gasteiger partial charge in [-0.1, -0.05) is 39.0 Å². The fourth-order valence-corrected chi connectivity index (χ4v) is 4.14. The average molecular weight is 410 g/mol. The van der Waals surface area contributed by atoms with Crippen molar-refractivity contribution in [3.63, 3.8) is 0 Å². The second-order valence-corrected chi connectivity index (χ2v) is 7.73. The van der Waals surface area contributed by atoms with E-state index in [1.54, 1.807) is 0 Å². The highest BCUT2D eigenvalue weighted by Crippen LogP contribution is 2.31. The molecule has 1 N–H and O–H groups in total. The third kappa shape index (κ3) is 8.01. The van der Waals surface area contributed by atoms with E-state index in [1.165, 1.54) is 6.42 Å². The number of halogens is 2. The van der Waals surface area contributed by atoms with Gasteiger partial charge in [0.1, 0.15) is 6.10 Å². The van der Waals surface area contributed by atoms with Crippen molar-refractivity contribution in [3.05, 3.63) is 0 Å². The molecular weight excluding hydrogens is 377 g/mol. The molecule has 1 fully saturated rings. The van der Waals surface area contributed by atoms with Crippen LogP contribution in [0.2, 0.25) is 0 Å². The summed E-state index contributed by atoms with van der Waals surface area (Å²) in [6.07, 6.45) is 7.10. The number of carboxylic acids is 1. The summed E-state index contributed by atoms with van der Waals surface area (Å²) in [5, 5.41) is 9.59. The molecule has 0 bridgehead atoms. The van der Waals surface area contributed by atoms with Crippen molar-refractivity contribution in [1.29, 1.82) is 0 Å². The summed E-state index contributed by atoms with van der Waals surface area (Å²) >= 11 is 11.8. The first-order valence-corrected chi connectivity index (χ1v) is 10.9. The maximum absolute atomic E-state index is 12.3. The molecule has 0 heterocycles. The topological polar surface area (TPSA) is 66.8 Å². The zero-order chi connectivity index (χ0) is 19.4. The monoisotopic (exact) mass is 409 g/mol. The van der Waals surface area contributed by atoms with Gasteiger partial charge in [0.15, 0.2) is 0 Å². The fourth-order valence-electron chi connectivity index (χ4n) is 3.70. The lowest BCUT2D eigenvalue weighted by Crippen LogP contribution is -2.53. The van der Waals surface area contributed by atoms with E-state index in [-0.39, 0.29) is 12.0 Å². The molecule has 3 atom stereocenters. The molecular formula is C19H33Cl2NO4. The number of unbranched alkanes of at least 4 members (excludes halogenated alkanes) is 4. The van der Waals surface area contributed by atoms with E-state index in [2.05, 4.69) is 11.8 Å². The number of carboxylic acid groups (broad SMARTS) is 1. The smallest absolute Gasteiger partial charge is 0.310 e. The van der Waals surface area contributed by atoms with Gasteiger partial charge in [0, 0.05) is 37.3 Å². The lowest BCUT2D eigenvalue weighted by atomic mass is 9.82. The van der Waals surface area contributed by atoms with Gasteiger partial charge < -0.3 is 9.84 Å². The molecule has 26 heavy (non-hydrogen) atoms. The molecule has 0 saturated heterocycles. The Morgan fingerprint density at radius 2 is 1.73 bits per heavy atom. The van der Waals surface area contributed by atoms with E-state index in [0.29, 0.717) is 37.7 Å². The van der Waals surface area contributed by atoms with Gasteiger partial charge in [-0.25, -0.2) is 0 Å². The minimum atomic E-state index is -0.896. The van der Waals surface area contributed by atoms with Gasteiger partial charge in [-0.3, -0.25) is 14.5 Å². The van der Waals surface area contributed by atoms with Crippen LogP contribution in [0.4, 0.5) is 0 Å². The lowest BCUT2D eigenvalue weighted by molar-refractivity contribution is -0.167. The van der Waals surface area contributed by atoms with Gasteiger partial charge in [0.05, 0.1) is 5.92 Å². The maximum atomic E-state index is 12.3. The lowest BCUT2D eigenvalue weighted by Gasteiger charge is -2.41. The molecule has 0 aliphatic heterocycles. The third-order valence-corrected chi connectivity index (χ3v) is 5.41. The van der Waals surface area contributed by atoms with E-state index < -0.39 is 18.0 Å². The van der Waals surface area contributed by atoms with Crippen LogP contribution in [-0.2, 0) is 14.3 Å². The molecule has 0 aromatic rings. The Kier molecular flexibility index (Phi) is 12.3. The summed E-state index contributed by atoms with van der Waals surface area (Å²) in [5.74, 6) is -0.980. The van der Waals surface area contributed by atoms with Gasteiger partial charge in [0.2, 0.25) is 0 Å². The molecule has 1 rings (SSSR count). The summed E-state index contributed by atoms with van der Waals surface area (Å²) < 4.78 is 5.71. The molecule has 7 heteroatoms. The first-order chi connectivity index (χ1) is 12.5. The molecule has 1 saturated carbocycles. The number of esters is 1. The molecule has 1 aliphatic carbocycles. The SMILES string of the molecule is CCCCCCCC(=O)O[C@@H]1[C@@H](C(=O)O)CCC[C@H]1N(CCCl)CCCl. The van der Waals surface area contributed by atoms with Crippen molar-refractivity contribution in [3.8, 4) is 0 Å². The number of aliphatic carboxylic acids is 1. The van der Waals surface area contributed by atoms with Crippen LogP contribution in [0.25, 0.3) is 0 Å². The highest BCUT2D eigenvalue weighted by Gasteiger charge is 2.42. The zero-order valence-corrected chi connectivity index (χ0v) is 17.3. The molecule has 0 spiro atoms. The Morgan fingerprint density at radius 1 is 1.08 bits per heavy atom. The summed E-state index contributed by atoms with van der Waals surface area (Å²) in [6.45, 7) is 3.36.